The van der Waals surface area contributed by atoms with Crippen LogP contribution in [0.5, 0.6) is 0 Å². The van der Waals surface area contributed by atoms with Crippen molar-refractivity contribution in [2.75, 3.05) is 33.2 Å². The van der Waals surface area contributed by atoms with Crippen LogP contribution in [0.15, 0.2) is 30.3 Å². The molecule has 1 heterocycles. The summed E-state index contributed by atoms with van der Waals surface area (Å²) in [5, 5.41) is 1.90. The molecular weight excluding hydrogens is 245 g/mol. The van der Waals surface area contributed by atoms with Gasteiger partial charge in [-0.15, -0.1) is 0 Å². The second-order valence-electron chi connectivity index (χ2n) is 4.78. The monoisotopic (exact) mass is 264 g/mol. The van der Waals surface area contributed by atoms with Crippen LogP contribution >= 0.6 is 0 Å². The minimum atomic E-state index is -0.324. The Morgan fingerprint density at radius 2 is 2.05 bits per heavy atom. The first kappa shape index (κ1) is 13.7. The van der Waals surface area contributed by atoms with Gasteiger partial charge in [0, 0.05) is 11.6 Å². The molecule has 0 aliphatic carbocycles. The number of halogens is 1. The summed E-state index contributed by atoms with van der Waals surface area (Å²) in [5.41, 5.74) is 3.22. The number of hydrogen-bond acceptors (Lipinski definition) is 2. The molecule has 4 nitrogen and oxygen atoms in total. The molecule has 5 heteroatoms. The summed E-state index contributed by atoms with van der Waals surface area (Å²) in [6.07, 6.45) is 2.86. The van der Waals surface area contributed by atoms with E-state index in [4.69, 9.17) is 0 Å². The summed E-state index contributed by atoms with van der Waals surface area (Å²) >= 11 is 0. The maximum absolute atomic E-state index is 13.3. The molecule has 0 saturated carbocycles. The molecule has 1 aliphatic rings. The average Bonchev–Trinajstić information content (AvgIpc) is 2.40. The van der Waals surface area contributed by atoms with Crippen LogP contribution in [0.3, 0.4) is 0 Å². The Labute approximate surface area is 112 Å². The molecule has 0 unspecified atom stereocenters. The van der Waals surface area contributed by atoms with Gasteiger partial charge in [-0.25, -0.2) is 9.40 Å². The summed E-state index contributed by atoms with van der Waals surface area (Å²) < 4.78 is 13.3. The molecule has 0 aromatic heterocycles. The maximum atomic E-state index is 13.3. The van der Waals surface area contributed by atoms with Gasteiger partial charge in [-0.2, -0.15) is 0 Å². The Hall–Kier alpha value is -1.72. The largest absolute Gasteiger partial charge is 0.335 e. The lowest BCUT2D eigenvalue weighted by Gasteiger charge is -2.29. The minimum Gasteiger partial charge on any atom is -0.335 e. The number of hydrazine groups is 1. The summed E-state index contributed by atoms with van der Waals surface area (Å²) in [4.78, 5) is 13.2. The van der Waals surface area contributed by atoms with Gasteiger partial charge in [-0.1, -0.05) is 18.2 Å². The smallest absolute Gasteiger partial charge is 0.258 e. The number of quaternary nitrogens is 1. The number of likely N-dealkylation sites (N-methyl/N-ethyl adjacent to an activating group) is 1. The number of benzene rings is 1. The van der Waals surface area contributed by atoms with Gasteiger partial charge in [0.15, 0.2) is 0 Å². The lowest BCUT2D eigenvalue weighted by atomic mass is 10.2. The van der Waals surface area contributed by atoms with Crippen molar-refractivity contribution in [1.29, 1.82) is 0 Å². The van der Waals surface area contributed by atoms with E-state index in [1.165, 1.54) is 23.1 Å². The van der Waals surface area contributed by atoms with E-state index in [2.05, 4.69) is 12.5 Å². The van der Waals surface area contributed by atoms with Gasteiger partial charge in [0.05, 0.1) is 33.2 Å². The number of rotatable bonds is 3. The number of amides is 1. The van der Waals surface area contributed by atoms with Crippen LogP contribution in [0.1, 0.15) is 5.56 Å². The van der Waals surface area contributed by atoms with E-state index in [0.717, 1.165) is 26.2 Å². The van der Waals surface area contributed by atoms with Gasteiger partial charge in [-0.05, 0) is 12.1 Å². The van der Waals surface area contributed by atoms with Crippen LogP contribution in [0, 0.1) is 5.82 Å². The highest BCUT2D eigenvalue weighted by Gasteiger charge is 2.17. The van der Waals surface area contributed by atoms with Crippen molar-refractivity contribution in [3.63, 3.8) is 0 Å². The van der Waals surface area contributed by atoms with Crippen molar-refractivity contribution >= 4 is 12.0 Å². The summed E-state index contributed by atoms with van der Waals surface area (Å²) in [5.74, 6) is -0.544. The molecular formula is C14H19FN3O+. The first-order valence-electron chi connectivity index (χ1n) is 6.44. The number of nitrogens with one attached hydrogen (secondary N) is 2. The SMILES string of the molecule is C[NH+]1CCN(NC(=O)/C=C/c2ccccc2F)CC1. The van der Waals surface area contributed by atoms with Crippen LogP contribution in [0.25, 0.3) is 6.08 Å². The van der Waals surface area contributed by atoms with Gasteiger partial charge in [0.25, 0.3) is 5.91 Å². The highest BCUT2D eigenvalue weighted by atomic mass is 19.1. The standard InChI is InChI=1S/C14H18FN3O/c1-17-8-10-18(11-9-17)16-14(19)7-6-12-4-2-3-5-13(12)15/h2-7H,8-11H2,1H3,(H,16,19)/p+1/b7-6+. The predicted molar refractivity (Wildman–Crippen MR) is 71.8 cm³/mol. The molecule has 19 heavy (non-hydrogen) atoms. The molecule has 2 rings (SSSR count). The Kier molecular flexibility index (Phi) is 4.65. The fourth-order valence-electron chi connectivity index (χ4n) is 1.97. The topological polar surface area (TPSA) is 36.8 Å². The number of piperazine rings is 1. The fourth-order valence-corrected chi connectivity index (χ4v) is 1.97. The van der Waals surface area contributed by atoms with Crippen molar-refractivity contribution < 1.29 is 14.1 Å². The predicted octanol–water partition coefficient (Wildman–Crippen LogP) is -0.300. The third-order valence-electron chi connectivity index (χ3n) is 3.20. The quantitative estimate of drug-likeness (QED) is 0.736. The Morgan fingerprint density at radius 3 is 2.74 bits per heavy atom. The second kappa shape index (κ2) is 6.45. The van der Waals surface area contributed by atoms with Crippen LogP contribution in [0.2, 0.25) is 0 Å². The van der Waals surface area contributed by atoms with Gasteiger partial charge < -0.3 is 4.90 Å². The van der Waals surface area contributed by atoms with Gasteiger partial charge in [0.2, 0.25) is 0 Å². The van der Waals surface area contributed by atoms with E-state index >= 15 is 0 Å². The van der Waals surface area contributed by atoms with E-state index in [1.807, 2.05) is 5.01 Å². The lowest BCUT2D eigenvalue weighted by Crippen LogP contribution is -3.12. The number of carbonyl (C=O) groups is 1. The van der Waals surface area contributed by atoms with Crippen molar-refractivity contribution in [2.45, 2.75) is 0 Å². The van der Waals surface area contributed by atoms with Crippen LogP contribution in [-0.2, 0) is 4.79 Å². The summed E-state index contributed by atoms with van der Waals surface area (Å²) in [7, 11) is 2.14. The zero-order valence-corrected chi connectivity index (χ0v) is 11.0. The van der Waals surface area contributed by atoms with Crippen molar-refractivity contribution in [1.82, 2.24) is 10.4 Å². The molecule has 102 valence electrons. The molecule has 0 atom stereocenters. The third-order valence-corrected chi connectivity index (χ3v) is 3.20. The van der Waals surface area contributed by atoms with Gasteiger partial charge in [0.1, 0.15) is 5.82 Å². The van der Waals surface area contributed by atoms with Crippen LogP contribution < -0.4 is 10.3 Å². The van der Waals surface area contributed by atoms with E-state index in [0.29, 0.717) is 5.56 Å². The van der Waals surface area contributed by atoms with Crippen molar-refractivity contribution in [2.24, 2.45) is 0 Å². The van der Waals surface area contributed by atoms with E-state index in [9.17, 15) is 9.18 Å². The van der Waals surface area contributed by atoms with Crippen molar-refractivity contribution in [3.05, 3.63) is 41.7 Å². The molecule has 1 fully saturated rings. The number of nitrogens with zero attached hydrogens (tertiary/aromatic N) is 1. The van der Waals surface area contributed by atoms with E-state index in [-0.39, 0.29) is 11.7 Å². The second-order valence-corrected chi connectivity index (χ2v) is 4.78. The van der Waals surface area contributed by atoms with Crippen molar-refractivity contribution in [3.8, 4) is 0 Å². The Morgan fingerprint density at radius 1 is 1.37 bits per heavy atom. The highest BCUT2D eigenvalue weighted by Crippen LogP contribution is 2.07. The maximum Gasteiger partial charge on any atom is 0.258 e. The minimum absolute atomic E-state index is 0.220. The highest BCUT2D eigenvalue weighted by molar-refractivity contribution is 5.91. The fraction of sp³-hybridized carbons (Fsp3) is 0.357. The molecule has 1 aliphatic heterocycles. The normalized spacial score (nSPS) is 17.8. The Bertz CT molecular complexity index is 468. The third kappa shape index (κ3) is 4.15. The number of hydrogen-bond donors (Lipinski definition) is 2. The van der Waals surface area contributed by atoms with E-state index < -0.39 is 0 Å². The van der Waals surface area contributed by atoms with Crippen LogP contribution in [-0.4, -0.2) is 44.1 Å². The molecule has 0 bridgehead atoms. The zero-order chi connectivity index (χ0) is 13.7. The molecule has 1 saturated heterocycles. The summed E-state index contributed by atoms with van der Waals surface area (Å²) in [6.45, 7) is 3.70. The van der Waals surface area contributed by atoms with Gasteiger partial charge >= 0.3 is 0 Å². The zero-order valence-electron chi connectivity index (χ0n) is 11.0. The molecule has 1 amide bonds. The molecule has 1 aromatic carbocycles. The first-order chi connectivity index (χ1) is 9.15. The lowest BCUT2D eigenvalue weighted by molar-refractivity contribution is -0.884. The van der Waals surface area contributed by atoms with E-state index in [1.54, 1.807) is 18.2 Å². The van der Waals surface area contributed by atoms with Gasteiger partial charge in [-0.3, -0.25) is 10.2 Å². The summed E-state index contributed by atoms with van der Waals surface area (Å²) in [6, 6.07) is 6.38. The Balaban J connectivity index is 1.86. The number of carbonyl (C=O) groups excluding carboxylic acids is 1. The van der Waals surface area contributed by atoms with Crippen LogP contribution in [0.4, 0.5) is 4.39 Å². The molecule has 0 spiro atoms. The molecule has 2 N–H and O–H groups in total. The molecule has 0 radical (unpaired) electrons. The first-order valence-corrected chi connectivity index (χ1v) is 6.44. The molecule has 1 aromatic rings. The average molecular weight is 264 g/mol.